The Morgan fingerprint density at radius 3 is 2.80 bits per heavy atom. The minimum atomic E-state index is -2.97. The van der Waals surface area contributed by atoms with E-state index >= 15 is 0 Å². The van der Waals surface area contributed by atoms with Gasteiger partial charge >= 0.3 is 0 Å². The van der Waals surface area contributed by atoms with Crippen molar-refractivity contribution in [2.75, 3.05) is 6.26 Å². The quantitative estimate of drug-likeness (QED) is 0.650. The zero-order chi connectivity index (χ0) is 14.8. The van der Waals surface area contributed by atoms with Gasteiger partial charge in [0.25, 0.3) is 0 Å². The fraction of sp³-hybridized carbons (Fsp3) is 0.643. The molecule has 6 heteroatoms. The van der Waals surface area contributed by atoms with E-state index in [9.17, 15) is 8.42 Å². The Kier molecular flexibility index (Phi) is 4.78. The van der Waals surface area contributed by atoms with Crippen molar-refractivity contribution >= 4 is 9.84 Å². The van der Waals surface area contributed by atoms with E-state index in [4.69, 9.17) is 5.84 Å². The third-order valence-corrected chi connectivity index (χ3v) is 5.96. The summed E-state index contributed by atoms with van der Waals surface area (Å²) in [6.07, 6.45) is 8.29. The van der Waals surface area contributed by atoms with Gasteiger partial charge in [-0.05, 0) is 49.3 Å². The van der Waals surface area contributed by atoms with Crippen LogP contribution in [0.25, 0.3) is 0 Å². The van der Waals surface area contributed by atoms with Crippen LogP contribution in [-0.4, -0.2) is 24.9 Å². The molecule has 0 saturated heterocycles. The summed E-state index contributed by atoms with van der Waals surface area (Å²) in [4.78, 5) is 4.10. The smallest absolute Gasteiger partial charge is 0.150 e. The van der Waals surface area contributed by atoms with E-state index in [1.54, 1.807) is 6.20 Å². The summed E-state index contributed by atoms with van der Waals surface area (Å²) in [5.74, 6) is 5.98. The SMILES string of the molecule is Cc1cnccc1C(NN)C1CCCC(S(C)(=O)=O)C1. The number of aromatic nitrogens is 1. The highest BCUT2D eigenvalue weighted by Crippen LogP contribution is 2.37. The lowest BCUT2D eigenvalue weighted by atomic mass is 9.80. The summed E-state index contributed by atoms with van der Waals surface area (Å²) in [5, 5.41) is -0.237. The van der Waals surface area contributed by atoms with Gasteiger partial charge in [-0.15, -0.1) is 0 Å². The third-order valence-electron chi connectivity index (χ3n) is 4.32. The maximum Gasteiger partial charge on any atom is 0.150 e. The Morgan fingerprint density at radius 2 is 2.20 bits per heavy atom. The number of hydrogen-bond donors (Lipinski definition) is 2. The molecule has 1 aliphatic rings. The second-order valence-electron chi connectivity index (χ2n) is 5.75. The molecule has 0 spiro atoms. The van der Waals surface area contributed by atoms with E-state index in [0.29, 0.717) is 6.42 Å². The Hall–Kier alpha value is -0.980. The fourth-order valence-electron chi connectivity index (χ4n) is 3.19. The van der Waals surface area contributed by atoms with Gasteiger partial charge in [0.2, 0.25) is 0 Å². The number of pyridine rings is 1. The number of aryl methyl sites for hydroxylation is 1. The summed E-state index contributed by atoms with van der Waals surface area (Å²) >= 11 is 0. The van der Waals surface area contributed by atoms with E-state index in [-0.39, 0.29) is 17.2 Å². The number of nitrogens with two attached hydrogens (primary N) is 1. The third kappa shape index (κ3) is 3.37. The summed E-state index contributed by atoms with van der Waals surface area (Å²) < 4.78 is 23.6. The molecule has 2 rings (SSSR count). The molecule has 0 amide bonds. The molecule has 0 radical (unpaired) electrons. The van der Waals surface area contributed by atoms with E-state index in [2.05, 4.69) is 10.4 Å². The van der Waals surface area contributed by atoms with Crippen LogP contribution < -0.4 is 11.3 Å². The van der Waals surface area contributed by atoms with Crippen LogP contribution in [0.2, 0.25) is 0 Å². The number of hydrogen-bond acceptors (Lipinski definition) is 5. The summed E-state index contributed by atoms with van der Waals surface area (Å²) in [6.45, 7) is 2.00. The van der Waals surface area contributed by atoms with Crippen LogP contribution in [-0.2, 0) is 9.84 Å². The van der Waals surface area contributed by atoms with Crippen molar-refractivity contribution in [3.63, 3.8) is 0 Å². The molecule has 1 fully saturated rings. The Bertz CT molecular complexity index is 559. The molecule has 20 heavy (non-hydrogen) atoms. The monoisotopic (exact) mass is 297 g/mol. The van der Waals surface area contributed by atoms with Crippen molar-refractivity contribution in [2.24, 2.45) is 11.8 Å². The molecule has 1 aromatic rings. The average Bonchev–Trinajstić information content (AvgIpc) is 2.41. The van der Waals surface area contributed by atoms with E-state index in [1.165, 1.54) is 6.26 Å². The first-order valence-corrected chi connectivity index (χ1v) is 8.94. The Labute approximate surface area is 120 Å². The van der Waals surface area contributed by atoms with Crippen LogP contribution in [0.5, 0.6) is 0 Å². The minimum absolute atomic E-state index is 0.0115. The van der Waals surface area contributed by atoms with Crippen molar-refractivity contribution in [1.82, 2.24) is 10.4 Å². The number of nitrogens with zero attached hydrogens (tertiary/aromatic N) is 1. The maximum atomic E-state index is 11.8. The first-order valence-electron chi connectivity index (χ1n) is 6.99. The van der Waals surface area contributed by atoms with Gasteiger partial charge in [-0.2, -0.15) is 0 Å². The van der Waals surface area contributed by atoms with Gasteiger partial charge in [-0.3, -0.25) is 16.3 Å². The lowest BCUT2D eigenvalue weighted by molar-refractivity contribution is 0.274. The molecule has 0 bridgehead atoms. The second-order valence-corrected chi connectivity index (χ2v) is 8.08. The average molecular weight is 297 g/mol. The number of rotatable bonds is 4. The zero-order valence-corrected chi connectivity index (χ0v) is 12.9. The van der Waals surface area contributed by atoms with Gasteiger partial charge in [0.15, 0.2) is 0 Å². The van der Waals surface area contributed by atoms with Gasteiger partial charge in [0.1, 0.15) is 9.84 Å². The molecule has 0 aromatic carbocycles. The maximum absolute atomic E-state index is 11.8. The standard InChI is InChI=1S/C14H23N3O2S/c1-10-9-16-7-6-13(10)14(17-15)11-4-3-5-12(8-11)20(2,18)19/h6-7,9,11-12,14,17H,3-5,8,15H2,1-2H3. The molecule has 1 saturated carbocycles. The highest BCUT2D eigenvalue weighted by atomic mass is 32.2. The van der Waals surface area contributed by atoms with E-state index in [1.807, 2.05) is 19.2 Å². The molecule has 0 aliphatic heterocycles. The van der Waals surface area contributed by atoms with E-state index in [0.717, 1.165) is 30.4 Å². The van der Waals surface area contributed by atoms with Crippen LogP contribution in [0.3, 0.4) is 0 Å². The highest BCUT2D eigenvalue weighted by molar-refractivity contribution is 7.91. The molecule has 112 valence electrons. The molecule has 1 aromatic heterocycles. The molecule has 1 aliphatic carbocycles. The van der Waals surface area contributed by atoms with Crippen molar-refractivity contribution in [3.05, 3.63) is 29.6 Å². The van der Waals surface area contributed by atoms with Crippen LogP contribution in [0.15, 0.2) is 18.5 Å². The molecule has 3 atom stereocenters. The van der Waals surface area contributed by atoms with Gasteiger partial charge < -0.3 is 0 Å². The first kappa shape index (κ1) is 15.4. The van der Waals surface area contributed by atoms with Crippen molar-refractivity contribution < 1.29 is 8.42 Å². The Balaban J connectivity index is 2.22. The van der Waals surface area contributed by atoms with Crippen molar-refractivity contribution in [1.29, 1.82) is 0 Å². The molecular weight excluding hydrogens is 274 g/mol. The van der Waals surface area contributed by atoms with Crippen LogP contribution in [0.4, 0.5) is 0 Å². The van der Waals surface area contributed by atoms with Gasteiger partial charge in [-0.25, -0.2) is 8.42 Å². The molecular formula is C14H23N3O2S. The largest absolute Gasteiger partial charge is 0.271 e. The van der Waals surface area contributed by atoms with Crippen LogP contribution in [0, 0.1) is 12.8 Å². The second kappa shape index (κ2) is 6.20. The summed E-state index contributed by atoms with van der Waals surface area (Å²) in [6, 6.07) is 1.95. The number of sulfone groups is 1. The predicted octanol–water partition coefficient (Wildman–Crippen LogP) is 1.50. The van der Waals surface area contributed by atoms with Crippen LogP contribution >= 0.6 is 0 Å². The predicted molar refractivity (Wildman–Crippen MR) is 79.6 cm³/mol. The van der Waals surface area contributed by atoms with Gasteiger partial charge in [-0.1, -0.05) is 6.42 Å². The lowest BCUT2D eigenvalue weighted by Crippen LogP contribution is -2.38. The van der Waals surface area contributed by atoms with Gasteiger partial charge in [0.05, 0.1) is 5.25 Å². The number of nitrogens with one attached hydrogen (secondary N) is 1. The lowest BCUT2D eigenvalue weighted by Gasteiger charge is -2.34. The normalized spacial score (nSPS) is 25.4. The van der Waals surface area contributed by atoms with Crippen LogP contribution in [0.1, 0.15) is 42.9 Å². The molecule has 3 N–H and O–H groups in total. The fourth-order valence-corrected chi connectivity index (χ4v) is 4.38. The highest BCUT2D eigenvalue weighted by Gasteiger charge is 2.33. The topological polar surface area (TPSA) is 85.1 Å². The molecule has 3 unspecified atom stereocenters. The number of hydrazine groups is 1. The molecule has 5 nitrogen and oxygen atoms in total. The van der Waals surface area contributed by atoms with E-state index < -0.39 is 9.84 Å². The summed E-state index contributed by atoms with van der Waals surface area (Å²) in [7, 11) is -2.97. The Morgan fingerprint density at radius 1 is 1.45 bits per heavy atom. The molecule has 1 heterocycles. The zero-order valence-electron chi connectivity index (χ0n) is 12.0. The van der Waals surface area contributed by atoms with Crippen molar-refractivity contribution in [3.8, 4) is 0 Å². The van der Waals surface area contributed by atoms with Crippen molar-refractivity contribution in [2.45, 2.75) is 43.9 Å². The summed E-state index contributed by atoms with van der Waals surface area (Å²) in [5.41, 5.74) is 5.07. The van der Waals surface area contributed by atoms with Gasteiger partial charge in [0, 0.05) is 24.7 Å². The minimum Gasteiger partial charge on any atom is -0.271 e. The first-order chi connectivity index (χ1) is 9.43.